The molecule has 0 radical (unpaired) electrons. The summed E-state index contributed by atoms with van der Waals surface area (Å²) in [5.74, 6) is 3.42. The average molecular weight is 395 g/mol. The molecule has 0 amide bonds. The number of anilines is 1. The van der Waals surface area contributed by atoms with Crippen LogP contribution in [0.4, 0.5) is 5.82 Å². The van der Waals surface area contributed by atoms with Crippen LogP contribution in [-0.2, 0) is 0 Å². The number of nitrogens with one attached hydrogen (secondary N) is 1. The molecule has 7 nitrogen and oxygen atoms in total. The Morgan fingerprint density at radius 1 is 0.897 bits per heavy atom. The number of aliphatic hydroxyl groups excluding tert-OH is 1. The Bertz CT molecular complexity index is 983. The van der Waals surface area contributed by atoms with Crippen molar-refractivity contribution in [2.75, 3.05) is 39.8 Å². The summed E-state index contributed by atoms with van der Waals surface area (Å²) in [5.41, 5.74) is 1.71. The Kier molecular flexibility index (Phi) is 6.86. The van der Waals surface area contributed by atoms with Gasteiger partial charge in [-0.2, -0.15) is 0 Å². The molecular formula is C22H25N3O4. The van der Waals surface area contributed by atoms with Gasteiger partial charge < -0.3 is 24.6 Å². The summed E-state index contributed by atoms with van der Waals surface area (Å²) in [7, 11) is 4.86. The van der Waals surface area contributed by atoms with Crippen molar-refractivity contribution >= 4 is 28.9 Å². The third kappa shape index (κ3) is 5.14. The Balaban J connectivity index is 1.97. The minimum Gasteiger partial charge on any atom is -0.497 e. The van der Waals surface area contributed by atoms with E-state index in [1.54, 1.807) is 21.3 Å². The molecular weight excluding hydrogens is 370 g/mol. The molecule has 0 saturated heterocycles. The summed E-state index contributed by atoms with van der Waals surface area (Å²) < 4.78 is 16.0. The van der Waals surface area contributed by atoms with Crippen molar-refractivity contribution in [3.8, 4) is 17.2 Å². The minimum absolute atomic E-state index is 0.115. The number of aromatic nitrogens is 2. The third-order valence-electron chi connectivity index (χ3n) is 4.35. The molecule has 29 heavy (non-hydrogen) atoms. The maximum Gasteiger partial charge on any atom is 0.154 e. The standard InChI is InChI=1S/C22H25N3O4/c1-27-16-6-7-20-19(14-16)22(23-9-4-10-26)25-21(24-20)8-5-15-11-17(28-2)13-18(12-15)29-3/h5-8,11-14,26H,4,9-10H2,1-3H3,(H,23,24,25)/b8-5+. The molecule has 7 heteroatoms. The van der Waals surface area contributed by atoms with Crippen LogP contribution < -0.4 is 19.5 Å². The van der Waals surface area contributed by atoms with E-state index in [-0.39, 0.29) is 6.61 Å². The second-order valence-corrected chi connectivity index (χ2v) is 6.30. The molecule has 0 bridgehead atoms. The first-order valence-electron chi connectivity index (χ1n) is 9.28. The van der Waals surface area contributed by atoms with Crippen LogP contribution in [0, 0.1) is 0 Å². The quantitative estimate of drug-likeness (QED) is 0.535. The normalized spacial score (nSPS) is 11.0. The Morgan fingerprint density at radius 3 is 2.28 bits per heavy atom. The molecule has 0 aliphatic heterocycles. The van der Waals surface area contributed by atoms with Gasteiger partial charge in [-0.05, 0) is 48.4 Å². The fourth-order valence-electron chi connectivity index (χ4n) is 2.84. The summed E-state index contributed by atoms with van der Waals surface area (Å²) in [5, 5.41) is 13.2. The summed E-state index contributed by atoms with van der Waals surface area (Å²) >= 11 is 0. The van der Waals surface area contributed by atoms with Gasteiger partial charge in [-0.1, -0.05) is 6.08 Å². The smallest absolute Gasteiger partial charge is 0.154 e. The van der Waals surface area contributed by atoms with Gasteiger partial charge >= 0.3 is 0 Å². The molecule has 3 rings (SSSR count). The molecule has 0 aliphatic rings. The number of hydrogen-bond donors (Lipinski definition) is 2. The molecule has 2 N–H and O–H groups in total. The lowest BCUT2D eigenvalue weighted by Crippen LogP contribution is -2.07. The molecule has 2 aromatic carbocycles. The summed E-state index contributed by atoms with van der Waals surface area (Å²) in [6.45, 7) is 0.722. The lowest BCUT2D eigenvalue weighted by atomic mass is 10.1. The Labute approximate surface area is 170 Å². The molecule has 3 aromatic rings. The molecule has 1 aromatic heterocycles. The summed E-state index contributed by atoms with van der Waals surface area (Å²) in [6.07, 6.45) is 4.38. The van der Waals surface area contributed by atoms with Crippen molar-refractivity contribution < 1.29 is 19.3 Å². The zero-order valence-corrected chi connectivity index (χ0v) is 16.8. The van der Waals surface area contributed by atoms with Crippen molar-refractivity contribution in [2.24, 2.45) is 0 Å². The van der Waals surface area contributed by atoms with Crippen molar-refractivity contribution in [3.63, 3.8) is 0 Å². The average Bonchev–Trinajstić information content (AvgIpc) is 2.77. The first-order valence-corrected chi connectivity index (χ1v) is 9.28. The van der Waals surface area contributed by atoms with Gasteiger partial charge in [0.05, 0.1) is 26.8 Å². The molecule has 0 aliphatic carbocycles. The maximum absolute atomic E-state index is 9.07. The van der Waals surface area contributed by atoms with Gasteiger partial charge in [0.25, 0.3) is 0 Å². The fourth-order valence-corrected chi connectivity index (χ4v) is 2.84. The number of hydrogen-bond acceptors (Lipinski definition) is 7. The van der Waals surface area contributed by atoms with E-state index in [4.69, 9.17) is 19.3 Å². The second kappa shape index (κ2) is 9.75. The first kappa shape index (κ1) is 20.4. The predicted molar refractivity (Wildman–Crippen MR) is 115 cm³/mol. The van der Waals surface area contributed by atoms with Crippen molar-refractivity contribution in [1.82, 2.24) is 9.97 Å². The van der Waals surface area contributed by atoms with Gasteiger partial charge in [-0.25, -0.2) is 9.97 Å². The highest BCUT2D eigenvalue weighted by Crippen LogP contribution is 2.27. The van der Waals surface area contributed by atoms with Gasteiger partial charge in [-0.15, -0.1) is 0 Å². The van der Waals surface area contributed by atoms with E-state index in [1.807, 2.05) is 48.6 Å². The SMILES string of the molecule is COc1cc(/C=C/c2nc(NCCCO)c3cc(OC)ccc3n2)cc(OC)c1. The number of fused-ring (bicyclic) bond motifs is 1. The van der Waals surface area contributed by atoms with Crippen LogP contribution in [0.3, 0.4) is 0 Å². The zero-order valence-electron chi connectivity index (χ0n) is 16.8. The van der Waals surface area contributed by atoms with Crippen molar-refractivity contribution in [1.29, 1.82) is 0 Å². The molecule has 0 fully saturated rings. The van der Waals surface area contributed by atoms with Crippen molar-refractivity contribution in [2.45, 2.75) is 6.42 Å². The first-order chi connectivity index (χ1) is 14.2. The van der Waals surface area contributed by atoms with Crippen LogP contribution in [0.15, 0.2) is 36.4 Å². The molecule has 0 saturated carbocycles. The summed E-state index contributed by atoms with van der Waals surface area (Å²) in [6, 6.07) is 11.3. The second-order valence-electron chi connectivity index (χ2n) is 6.30. The van der Waals surface area contributed by atoms with E-state index in [0.717, 1.165) is 22.2 Å². The van der Waals surface area contributed by atoms with Gasteiger partial charge in [0.2, 0.25) is 0 Å². The fraction of sp³-hybridized carbons (Fsp3) is 0.273. The number of aliphatic hydroxyl groups is 1. The number of methoxy groups -OCH3 is 3. The van der Waals surface area contributed by atoms with E-state index < -0.39 is 0 Å². The number of nitrogens with zero attached hydrogens (tertiary/aromatic N) is 2. The lowest BCUT2D eigenvalue weighted by Gasteiger charge is -2.10. The highest BCUT2D eigenvalue weighted by atomic mass is 16.5. The van der Waals surface area contributed by atoms with Crippen LogP contribution in [0.2, 0.25) is 0 Å². The number of benzene rings is 2. The Morgan fingerprint density at radius 2 is 1.62 bits per heavy atom. The van der Waals surface area contributed by atoms with E-state index in [0.29, 0.717) is 36.1 Å². The monoisotopic (exact) mass is 395 g/mol. The van der Waals surface area contributed by atoms with E-state index in [9.17, 15) is 0 Å². The third-order valence-corrected chi connectivity index (χ3v) is 4.35. The summed E-state index contributed by atoms with van der Waals surface area (Å²) in [4.78, 5) is 9.27. The lowest BCUT2D eigenvalue weighted by molar-refractivity contribution is 0.292. The molecule has 0 unspecified atom stereocenters. The Hall–Kier alpha value is -3.32. The van der Waals surface area contributed by atoms with Crippen LogP contribution in [-0.4, -0.2) is 49.6 Å². The molecule has 1 heterocycles. The topological polar surface area (TPSA) is 85.7 Å². The van der Waals surface area contributed by atoms with Crippen LogP contribution in [0.25, 0.3) is 23.1 Å². The predicted octanol–water partition coefficient (Wildman–Crippen LogP) is 3.62. The van der Waals surface area contributed by atoms with E-state index >= 15 is 0 Å². The van der Waals surface area contributed by atoms with Crippen LogP contribution in [0.5, 0.6) is 17.2 Å². The van der Waals surface area contributed by atoms with E-state index in [2.05, 4.69) is 15.3 Å². The highest BCUT2D eigenvalue weighted by Gasteiger charge is 2.08. The van der Waals surface area contributed by atoms with Gasteiger partial charge in [0.15, 0.2) is 5.82 Å². The van der Waals surface area contributed by atoms with Crippen LogP contribution in [0.1, 0.15) is 17.8 Å². The zero-order chi connectivity index (χ0) is 20.6. The number of ether oxygens (including phenoxy) is 3. The van der Waals surface area contributed by atoms with Gasteiger partial charge in [-0.3, -0.25) is 0 Å². The maximum atomic E-state index is 9.07. The number of rotatable bonds is 9. The largest absolute Gasteiger partial charge is 0.497 e. The van der Waals surface area contributed by atoms with Gasteiger partial charge in [0, 0.05) is 24.6 Å². The highest BCUT2D eigenvalue weighted by molar-refractivity contribution is 5.91. The van der Waals surface area contributed by atoms with Crippen molar-refractivity contribution in [3.05, 3.63) is 47.8 Å². The van der Waals surface area contributed by atoms with E-state index in [1.165, 1.54) is 0 Å². The van der Waals surface area contributed by atoms with Gasteiger partial charge in [0.1, 0.15) is 23.1 Å². The molecule has 152 valence electrons. The minimum atomic E-state index is 0.115. The molecule has 0 spiro atoms. The van der Waals surface area contributed by atoms with Crippen LogP contribution >= 0.6 is 0 Å². The molecule has 0 atom stereocenters.